The number of hydrogen-bond acceptors (Lipinski definition) is 2. The van der Waals surface area contributed by atoms with Gasteiger partial charge in [-0.2, -0.15) is 0 Å². The molecule has 2 heteroatoms. The van der Waals surface area contributed by atoms with E-state index >= 15 is 0 Å². The maximum absolute atomic E-state index is 2.75. The molecule has 0 aliphatic carbocycles. The Morgan fingerprint density at radius 3 is 0.857 bits per heavy atom. The van der Waals surface area contributed by atoms with Gasteiger partial charge in [-0.15, -0.1) is 0 Å². The van der Waals surface area contributed by atoms with Gasteiger partial charge in [0.15, 0.2) is 0 Å². The summed E-state index contributed by atoms with van der Waals surface area (Å²) in [7, 11) is 0. The van der Waals surface area contributed by atoms with E-state index in [0.29, 0.717) is 0 Å². The van der Waals surface area contributed by atoms with Gasteiger partial charge in [-0.3, -0.25) is 0 Å². The van der Waals surface area contributed by atoms with Crippen molar-refractivity contribution in [2.24, 2.45) is 0 Å². The lowest BCUT2D eigenvalue weighted by Gasteiger charge is -2.35. The molecule has 2 nitrogen and oxygen atoms in total. The predicted molar refractivity (Wildman–Crippen MR) is 129 cm³/mol. The molecule has 0 rings (SSSR count). The molecule has 0 atom stereocenters. The summed E-state index contributed by atoms with van der Waals surface area (Å²) < 4.78 is 0. The molecule has 0 saturated heterocycles. The molecule has 0 fully saturated rings. The van der Waals surface area contributed by atoms with Crippen LogP contribution < -0.4 is 0 Å². The average Bonchev–Trinajstić information content (AvgIpc) is 2.71. The SMILES string of the molecule is CCCCCCCCCN(CCCCCCCCC)N(CCCC)CCCC. The molecule has 0 heterocycles. The molecule has 0 spiro atoms. The first kappa shape index (κ1) is 27.9. The molecule has 0 aromatic heterocycles. The molecule has 0 unspecified atom stereocenters. The number of hydrazine groups is 1. The molecule has 170 valence electrons. The zero-order valence-corrected chi connectivity index (χ0v) is 20.5. The lowest BCUT2D eigenvalue weighted by atomic mass is 10.1. The summed E-state index contributed by atoms with van der Waals surface area (Å²) in [5.74, 6) is 0. The van der Waals surface area contributed by atoms with Crippen molar-refractivity contribution < 1.29 is 0 Å². The smallest absolute Gasteiger partial charge is 0.0133 e. The number of hydrogen-bond donors (Lipinski definition) is 0. The minimum atomic E-state index is 1.27. The Morgan fingerprint density at radius 1 is 0.286 bits per heavy atom. The predicted octanol–water partition coefficient (Wildman–Crippen LogP) is 8.61. The number of rotatable bonds is 23. The highest BCUT2D eigenvalue weighted by atomic mass is 15.6. The highest BCUT2D eigenvalue weighted by Gasteiger charge is 2.14. The maximum atomic E-state index is 2.75. The lowest BCUT2D eigenvalue weighted by Crippen LogP contribution is -2.45. The average molecular weight is 397 g/mol. The molecule has 0 aromatic rings. The van der Waals surface area contributed by atoms with Crippen LogP contribution >= 0.6 is 0 Å². The number of nitrogens with zero attached hydrogens (tertiary/aromatic N) is 2. The highest BCUT2D eigenvalue weighted by molar-refractivity contribution is 4.61. The Bertz CT molecular complexity index is 254. The number of unbranched alkanes of at least 4 members (excludes halogenated alkanes) is 14. The van der Waals surface area contributed by atoms with Crippen LogP contribution in [0.25, 0.3) is 0 Å². The summed E-state index contributed by atoms with van der Waals surface area (Å²) >= 11 is 0. The molecule has 0 radical (unpaired) electrons. The van der Waals surface area contributed by atoms with E-state index in [0.717, 1.165) is 0 Å². The van der Waals surface area contributed by atoms with Gasteiger partial charge in [0.05, 0.1) is 0 Å². The molecule has 0 aliphatic heterocycles. The van der Waals surface area contributed by atoms with Crippen LogP contribution in [-0.4, -0.2) is 36.2 Å². The van der Waals surface area contributed by atoms with E-state index in [2.05, 4.69) is 37.7 Å². The molecule has 0 aliphatic rings. The minimum Gasteiger partial charge on any atom is -0.242 e. The topological polar surface area (TPSA) is 6.48 Å². The first-order valence-corrected chi connectivity index (χ1v) is 13.3. The van der Waals surface area contributed by atoms with Crippen LogP contribution in [0, 0.1) is 0 Å². The van der Waals surface area contributed by atoms with Crippen LogP contribution in [0.3, 0.4) is 0 Å². The maximum Gasteiger partial charge on any atom is 0.0133 e. The molecule has 0 saturated carbocycles. The molecule has 0 bridgehead atoms. The quantitative estimate of drug-likeness (QED) is 0.126. The van der Waals surface area contributed by atoms with Gasteiger partial charge in [-0.05, 0) is 25.7 Å². The van der Waals surface area contributed by atoms with Gasteiger partial charge in [0, 0.05) is 26.2 Å². The summed E-state index contributed by atoms with van der Waals surface area (Å²) in [6.45, 7) is 14.4. The lowest BCUT2D eigenvalue weighted by molar-refractivity contribution is -0.0302. The van der Waals surface area contributed by atoms with Gasteiger partial charge >= 0.3 is 0 Å². The van der Waals surface area contributed by atoms with Crippen molar-refractivity contribution in [3.8, 4) is 0 Å². The van der Waals surface area contributed by atoms with E-state index in [1.165, 1.54) is 142 Å². The van der Waals surface area contributed by atoms with Crippen molar-refractivity contribution in [3.63, 3.8) is 0 Å². The van der Waals surface area contributed by atoms with Crippen LogP contribution in [-0.2, 0) is 0 Å². The molecule has 0 N–H and O–H groups in total. The summed E-state index contributed by atoms with van der Waals surface area (Å²) in [5, 5.41) is 5.48. The Morgan fingerprint density at radius 2 is 0.536 bits per heavy atom. The zero-order valence-electron chi connectivity index (χ0n) is 20.5. The van der Waals surface area contributed by atoms with Crippen molar-refractivity contribution in [1.29, 1.82) is 0 Å². The van der Waals surface area contributed by atoms with Gasteiger partial charge in [0.2, 0.25) is 0 Å². The highest BCUT2D eigenvalue weighted by Crippen LogP contribution is 2.13. The Hall–Kier alpha value is -0.0800. The van der Waals surface area contributed by atoms with Crippen LogP contribution in [0.15, 0.2) is 0 Å². The van der Waals surface area contributed by atoms with Crippen molar-refractivity contribution in [1.82, 2.24) is 10.0 Å². The zero-order chi connectivity index (χ0) is 20.7. The second kappa shape index (κ2) is 23.2. The minimum absolute atomic E-state index is 1.27. The van der Waals surface area contributed by atoms with Crippen LogP contribution in [0.4, 0.5) is 0 Å². The second-order valence-corrected chi connectivity index (χ2v) is 8.86. The third-order valence-corrected chi connectivity index (χ3v) is 5.98. The van der Waals surface area contributed by atoms with Gasteiger partial charge in [0.25, 0.3) is 0 Å². The van der Waals surface area contributed by atoms with Gasteiger partial charge < -0.3 is 0 Å². The fourth-order valence-corrected chi connectivity index (χ4v) is 3.97. The van der Waals surface area contributed by atoms with E-state index in [9.17, 15) is 0 Å². The summed E-state index contributed by atoms with van der Waals surface area (Å²) in [6, 6.07) is 0. The van der Waals surface area contributed by atoms with Crippen LogP contribution in [0.1, 0.15) is 143 Å². The molecular formula is C26H56N2. The summed E-state index contributed by atoms with van der Waals surface area (Å²) in [6.07, 6.45) is 25.1. The van der Waals surface area contributed by atoms with E-state index in [-0.39, 0.29) is 0 Å². The van der Waals surface area contributed by atoms with Gasteiger partial charge in [-0.25, -0.2) is 10.0 Å². The summed E-state index contributed by atoms with van der Waals surface area (Å²) in [4.78, 5) is 0. The third-order valence-electron chi connectivity index (χ3n) is 5.98. The molecule has 0 amide bonds. The van der Waals surface area contributed by atoms with Crippen LogP contribution in [0.5, 0.6) is 0 Å². The van der Waals surface area contributed by atoms with Crippen molar-refractivity contribution in [2.45, 2.75) is 143 Å². The third kappa shape index (κ3) is 18.0. The van der Waals surface area contributed by atoms with E-state index < -0.39 is 0 Å². The first-order chi connectivity index (χ1) is 13.8. The van der Waals surface area contributed by atoms with E-state index in [4.69, 9.17) is 0 Å². The monoisotopic (exact) mass is 396 g/mol. The second-order valence-electron chi connectivity index (χ2n) is 8.86. The first-order valence-electron chi connectivity index (χ1n) is 13.3. The standard InChI is InChI=1S/C26H56N2/c1-5-9-13-15-17-19-21-25-28(26-22-20-18-16-14-10-6-2)27(23-11-7-3)24-12-8-4/h5-26H2,1-4H3. The van der Waals surface area contributed by atoms with Gasteiger partial charge in [-0.1, -0.05) is 118 Å². The fourth-order valence-electron chi connectivity index (χ4n) is 3.97. The normalized spacial score (nSPS) is 11.8. The molecular weight excluding hydrogens is 340 g/mol. The fraction of sp³-hybridized carbons (Fsp3) is 1.00. The van der Waals surface area contributed by atoms with E-state index in [1.54, 1.807) is 0 Å². The largest absolute Gasteiger partial charge is 0.242 e. The van der Waals surface area contributed by atoms with E-state index in [1.807, 2.05) is 0 Å². The van der Waals surface area contributed by atoms with Crippen molar-refractivity contribution >= 4 is 0 Å². The Balaban J connectivity index is 4.28. The molecule has 0 aromatic carbocycles. The van der Waals surface area contributed by atoms with Crippen LogP contribution in [0.2, 0.25) is 0 Å². The van der Waals surface area contributed by atoms with Crippen molar-refractivity contribution in [2.75, 3.05) is 26.2 Å². The Labute approximate surface area is 179 Å². The molecule has 28 heavy (non-hydrogen) atoms. The Kier molecular flexibility index (Phi) is 23.1. The summed E-state index contributed by atoms with van der Waals surface area (Å²) in [5.41, 5.74) is 0. The van der Waals surface area contributed by atoms with Crippen molar-refractivity contribution in [3.05, 3.63) is 0 Å². The van der Waals surface area contributed by atoms with Gasteiger partial charge in [0.1, 0.15) is 0 Å².